The van der Waals surface area contributed by atoms with E-state index in [0.29, 0.717) is 29.5 Å². The van der Waals surface area contributed by atoms with E-state index in [4.69, 9.17) is 9.47 Å². The van der Waals surface area contributed by atoms with Crippen molar-refractivity contribution in [1.82, 2.24) is 15.5 Å². The van der Waals surface area contributed by atoms with E-state index >= 15 is 0 Å². The minimum Gasteiger partial charge on any atom is -0.493 e. The second-order valence-corrected chi connectivity index (χ2v) is 8.77. The molecule has 1 amide bonds. The van der Waals surface area contributed by atoms with Crippen molar-refractivity contribution in [3.05, 3.63) is 90.5 Å². The molecule has 0 radical (unpaired) electrons. The summed E-state index contributed by atoms with van der Waals surface area (Å²) in [6, 6.07) is 28.1. The maximum Gasteiger partial charge on any atom is 0.230 e. The Kier molecular flexibility index (Phi) is 8.35. The number of ether oxygens (including phenoxy) is 2. The van der Waals surface area contributed by atoms with Crippen LogP contribution in [0.15, 0.2) is 90.0 Å². The fourth-order valence-electron chi connectivity index (χ4n) is 3.59. The van der Waals surface area contributed by atoms with Gasteiger partial charge in [-0.2, -0.15) is 0 Å². The average Bonchev–Trinajstić information content (AvgIpc) is 2.92. The number of benzene rings is 3. The van der Waals surface area contributed by atoms with Crippen molar-refractivity contribution in [2.24, 2.45) is 0 Å². The van der Waals surface area contributed by atoms with Gasteiger partial charge in [-0.25, -0.2) is 0 Å². The van der Waals surface area contributed by atoms with Crippen molar-refractivity contribution in [3.8, 4) is 33.9 Å². The summed E-state index contributed by atoms with van der Waals surface area (Å²) < 4.78 is 10.6. The Morgan fingerprint density at radius 1 is 0.800 bits per heavy atom. The van der Waals surface area contributed by atoms with E-state index in [2.05, 4.69) is 39.8 Å². The Hall–Kier alpha value is -3.84. The molecule has 0 bridgehead atoms. The molecule has 4 aromatic rings. The quantitative estimate of drug-likeness (QED) is 0.308. The lowest BCUT2D eigenvalue weighted by Crippen LogP contribution is -2.27. The number of nitrogens with one attached hydrogen (secondary N) is 1. The number of hydrogen-bond donors (Lipinski definition) is 1. The molecule has 0 saturated carbocycles. The smallest absolute Gasteiger partial charge is 0.230 e. The summed E-state index contributed by atoms with van der Waals surface area (Å²) in [5.41, 5.74) is 5.20. The Morgan fingerprint density at radius 2 is 1.51 bits per heavy atom. The number of rotatable bonds is 10. The van der Waals surface area contributed by atoms with Gasteiger partial charge >= 0.3 is 0 Å². The molecule has 7 heteroatoms. The molecule has 1 N–H and O–H groups in total. The van der Waals surface area contributed by atoms with Crippen LogP contribution in [0.3, 0.4) is 0 Å². The topological polar surface area (TPSA) is 73.3 Å². The summed E-state index contributed by atoms with van der Waals surface area (Å²) in [5.74, 6) is 1.61. The number of carbonyl (C=O) groups is 1. The minimum absolute atomic E-state index is 0.0437. The molecule has 3 aromatic carbocycles. The van der Waals surface area contributed by atoms with Crippen LogP contribution in [0.25, 0.3) is 22.4 Å². The Morgan fingerprint density at radius 3 is 2.20 bits per heavy atom. The van der Waals surface area contributed by atoms with E-state index in [0.717, 1.165) is 22.4 Å². The number of nitrogens with zero attached hydrogens (tertiary/aromatic N) is 2. The lowest BCUT2D eigenvalue weighted by Gasteiger charge is -2.10. The number of aromatic nitrogens is 2. The molecular formula is C28H27N3O3S. The van der Waals surface area contributed by atoms with Crippen molar-refractivity contribution in [1.29, 1.82) is 0 Å². The van der Waals surface area contributed by atoms with Crippen molar-refractivity contribution in [2.45, 2.75) is 11.4 Å². The van der Waals surface area contributed by atoms with Crippen LogP contribution in [0, 0.1) is 0 Å². The normalized spacial score (nSPS) is 10.6. The second kappa shape index (κ2) is 12.0. The first-order chi connectivity index (χ1) is 17.2. The zero-order valence-corrected chi connectivity index (χ0v) is 20.5. The zero-order valence-electron chi connectivity index (χ0n) is 19.7. The summed E-state index contributed by atoms with van der Waals surface area (Å²) in [4.78, 5) is 12.2. The number of amides is 1. The first-order valence-corrected chi connectivity index (χ1v) is 12.2. The van der Waals surface area contributed by atoms with Crippen LogP contribution in [0.4, 0.5) is 0 Å². The molecule has 0 aliphatic carbocycles. The van der Waals surface area contributed by atoms with Crippen LogP contribution >= 0.6 is 11.8 Å². The number of hydrogen-bond acceptors (Lipinski definition) is 6. The average molecular weight is 486 g/mol. The Labute approximate surface area is 209 Å². The van der Waals surface area contributed by atoms with Gasteiger partial charge in [0.15, 0.2) is 11.5 Å². The molecule has 4 rings (SSSR count). The molecule has 178 valence electrons. The molecule has 0 atom stereocenters. The van der Waals surface area contributed by atoms with Gasteiger partial charge in [-0.15, -0.1) is 10.2 Å². The lowest BCUT2D eigenvalue weighted by atomic mass is 10.0. The molecule has 0 spiro atoms. The fraction of sp³-hybridized carbons (Fsp3) is 0.179. The maximum atomic E-state index is 12.2. The SMILES string of the molecule is COc1ccc(CCNC(=O)CSc2ccc(-c3ccc(-c4ccccc4)cc3)nn2)cc1OC. The first-order valence-electron chi connectivity index (χ1n) is 11.3. The highest BCUT2D eigenvalue weighted by Crippen LogP contribution is 2.28. The van der Waals surface area contributed by atoms with Gasteiger partial charge in [-0.05, 0) is 47.4 Å². The molecule has 0 unspecified atom stereocenters. The second-order valence-electron chi connectivity index (χ2n) is 7.78. The van der Waals surface area contributed by atoms with Crippen LogP contribution in [0.5, 0.6) is 11.5 Å². The highest BCUT2D eigenvalue weighted by Gasteiger charge is 2.08. The van der Waals surface area contributed by atoms with Gasteiger partial charge in [-0.1, -0.05) is 72.4 Å². The molecule has 1 aromatic heterocycles. The maximum absolute atomic E-state index is 12.2. The zero-order chi connectivity index (χ0) is 24.5. The molecule has 0 aliphatic rings. The van der Waals surface area contributed by atoms with Crippen LogP contribution in [-0.2, 0) is 11.2 Å². The highest BCUT2D eigenvalue weighted by atomic mass is 32.2. The molecule has 0 fully saturated rings. The van der Waals surface area contributed by atoms with Crippen molar-refractivity contribution < 1.29 is 14.3 Å². The van der Waals surface area contributed by atoms with Crippen LogP contribution in [0.2, 0.25) is 0 Å². The minimum atomic E-state index is -0.0437. The van der Waals surface area contributed by atoms with E-state index in [9.17, 15) is 4.79 Å². The first kappa shape index (κ1) is 24.3. The van der Waals surface area contributed by atoms with Gasteiger partial charge in [0.25, 0.3) is 0 Å². The van der Waals surface area contributed by atoms with E-state index in [1.165, 1.54) is 17.3 Å². The van der Waals surface area contributed by atoms with Gasteiger partial charge in [0.05, 0.1) is 25.7 Å². The van der Waals surface area contributed by atoms with Gasteiger partial charge in [-0.3, -0.25) is 4.79 Å². The Bertz CT molecular complexity index is 1250. The largest absolute Gasteiger partial charge is 0.493 e. The van der Waals surface area contributed by atoms with Crippen molar-refractivity contribution >= 4 is 17.7 Å². The van der Waals surface area contributed by atoms with Crippen LogP contribution < -0.4 is 14.8 Å². The summed E-state index contributed by atoms with van der Waals surface area (Å²) >= 11 is 1.37. The number of thioether (sulfide) groups is 1. The standard InChI is InChI=1S/C28H27N3O3S/c1-33-25-14-8-20(18-26(25)34-2)16-17-29-27(32)19-35-28-15-13-24(30-31-28)23-11-9-22(10-12-23)21-6-4-3-5-7-21/h3-15,18H,16-17,19H2,1-2H3,(H,29,32). The molecule has 35 heavy (non-hydrogen) atoms. The van der Waals surface area contributed by atoms with E-state index in [1.54, 1.807) is 14.2 Å². The number of methoxy groups -OCH3 is 2. The van der Waals surface area contributed by atoms with E-state index in [1.807, 2.05) is 60.7 Å². The van der Waals surface area contributed by atoms with Gasteiger partial charge in [0, 0.05) is 12.1 Å². The molecule has 0 saturated heterocycles. The molecule has 0 aliphatic heterocycles. The summed E-state index contributed by atoms with van der Waals surface area (Å²) in [6.07, 6.45) is 0.703. The van der Waals surface area contributed by atoms with Crippen LogP contribution in [-0.4, -0.2) is 42.6 Å². The highest BCUT2D eigenvalue weighted by molar-refractivity contribution is 7.99. The third-order valence-electron chi connectivity index (χ3n) is 5.46. The van der Waals surface area contributed by atoms with Gasteiger partial charge in [0.1, 0.15) is 5.03 Å². The summed E-state index contributed by atoms with van der Waals surface area (Å²) in [6.45, 7) is 0.540. The molecule has 6 nitrogen and oxygen atoms in total. The Balaban J connectivity index is 1.24. The lowest BCUT2D eigenvalue weighted by molar-refractivity contribution is -0.118. The third kappa shape index (κ3) is 6.61. The molecular weight excluding hydrogens is 458 g/mol. The van der Waals surface area contributed by atoms with Crippen molar-refractivity contribution in [3.63, 3.8) is 0 Å². The summed E-state index contributed by atoms with van der Waals surface area (Å²) in [7, 11) is 3.22. The van der Waals surface area contributed by atoms with Gasteiger partial charge < -0.3 is 14.8 Å². The predicted octanol–water partition coefficient (Wildman–Crippen LogP) is 5.28. The fourth-order valence-corrected chi connectivity index (χ4v) is 4.23. The predicted molar refractivity (Wildman–Crippen MR) is 140 cm³/mol. The summed E-state index contributed by atoms with van der Waals surface area (Å²) in [5, 5.41) is 12.3. The van der Waals surface area contributed by atoms with Crippen molar-refractivity contribution in [2.75, 3.05) is 26.5 Å². The number of carbonyl (C=O) groups excluding carboxylic acids is 1. The van der Waals surface area contributed by atoms with E-state index < -0.39 is 0 Å². The molecule has 1 heterocycles. The van der Waals surface area contributed by atoms with Crippen LogP contribution in [0.1, 0.15) is 5.56 Å². The van der Waals surface area contributed by atoms with E-state index in [-0.39, 0.29) is 11.7 Å². The van der Waals surface area contributed by atoms with Gasteiger partial charge in [0.2, 0.25) is 5.91 Å². The monoisotopic (exact) mass is 485 g/mol. The third-order valence-corrected chi connectivity index (χ3v) is 6.38.